The fraction of sp³-hybridized carbons (Fsp3) is 0.846. The highest BCUT2D eigenvalue weighted by molar-refractivity contribution is 6.07. The second-order valence-electron chi connectivity index (χ2n) is 4.54. The van der Waals surface area contributed by atoms with Gasteiger partial charge in [-0.05, 0) is 40.5 Å². The highest BCUT2D eigenvalue weighted by Gasteiger charge is 2.58. The molecule has 0 atom stereocenters. The first-order valence-electron chi connectivity index (χ1n) is 6.66. The number of nitrogens with zero attached hydrogens (tertiary/aromatic N) is 2. The van der Waals surface area contributed by atoms with Gasteiger partial charge in [-0.15, -0.1) is 0 Å². The summed E-state index contributed by atoms with van der Waals surface area (Å²) in [6, 6.07) is 0. The van der Waals surface area contributed by atoms with Crippen LogP contribution in [0.5, 0.6) is 0 Å². The maximum Gasteiger partial charge on any atom is 0.238 e. The highest BCUT2D eigenvalue weighted by Crippen LogP contribution is 2.48. The molecule has 0 spiro atoms. The van der Waals surface area contributed by atoms with Crippen LogP contribution in [-0.4, -0.2) is 47.8 Å². The largest absolute Gasteiger partial charge is 0.342 e. The van der Waals surface area contributed by atoms with E-state index in [0.29, 0.717) is 26.2 Å². The van der Waals surface area contributed by atoms with Gasteiger partial charge in [-0.2, -0.15) is 0 Å². The van der Waals surface area contributed by atoms with Crippen LogP contribution in [0.25, 0.3) is 0 Å². The first-order chi connectivity index (χ1) is 8.07. The Morgan fingerprint density at radius 2 is 1.12 bits per heavy atom. The van der Waals surface area contributed by atoms with Crippen molar-refractivity contribution in [2.24, 2.45) is 5.41 Å². The molecule has 1 rings (SSSR count). The molecule has 1 saturated carbocycles. The zero-order chi connectivity index (χ0) is 13.1. The minimum atomic E-state index is -0.710. The van der Waals surface area contributed by atoms with Crippen LogP contribution in [0.4, 0.5) is 0 Å². The summed E-state index contributed by atoms with van der Waals surface area (Å²) in [5.41, 5.74) is -0.710. The van der Waals surface area contributed by atoms with E-state index in [4.69, 9.17) is 0 Å². The lowest BCUT2D eigenvalue weighted by Gasteiger charge is -2.28. The van der Waals surface area contributed by atoms with Crippen molar-refractivity contribution in [3.8, 4) is 0 Å². The van der Waals surface area contributed by atoms with Gasteiger partial charge in [0.05, 0.1) is 0 Å². The molecule has 2 amide bonds. The van der Waals surface area contributed by atoms with E-state index in [-0.39, 0.29) is 11.8 Å². The Balaban J connectivity index is 2.81. The smallest absolute Gasteiger partial charge is 0.238 e. The molecule has 4 heteroatoms. The predicted octanol–water partition coefficient (Wildman–Crippen LogP) is 1.50. The van der Waals surface area contributed by atoms with Crippen LogP contribution < -0.4 is 0 Å². The average Bonchev–Trinajstić information content (AvgIpc) is 3.13. The van der Waals surface area contributed by atoms with Crippen LogP contribution in [0.2, 0.25) is 0 Å². The van der Waals surface area contributed by atoms with Crippen LogP contribution in [0.1, 0.15) is 40.5 Å². The molecule has 0 saturated heterocycles. The van der Waals surface area contributed by atoms with Crippen LogP contribution >= 0.6 is 0 Å². The molecular formula is C13H24N2O2. The molecule has 4 nitrogen and oxygen atoms in total. The SMILES string of the molecule is CCN(CC)C(=O)C1(C(=O)N(CC)CC)CC1. The molecule has 0 N–H and O–H groups in total. The van der Waals surface area contributed by atoms with Gasteiger partial charge in [0.2, 0.25) is 11.8 Å². The molecule has 0 unspecified atom stereocenters. The second kappa shape index (κ2) is 5.52. The zero-order valence-electron chi connectivity index (χ0n) is 11.5. The van der Waals surface area contributed by atoms with Crippen molar-refractivity contribution >= 4 is 11.8 Å². The van der Waals surface area contributed by atoms with Crippen molar-refractivity contribution in [2.75, 3.05) is 26.2 Å². The Labute approximate surface area is 104 Å². The fourth-order valence-corrected chi connectivity index (χ4v) is 2.27. The minimum Gasteiger partial charge on any atom is -0.342 e. The molecule has 17 heavy (non-hydrogen) atoms. The van der Waals surface area contributed by atoms with Crippen LogP contribution in [0, 0.1) is 5.41 Å². The van der Waals surface area contributed by atoms with Crippen molar-refractivity contribution < 1.29 is 9.59 Å². The van der Waals surface area contributed by atoms with E-state index in [1.807, 2.05) is 27.7 Å². The van der Waals surface area contributed by atoms with E-state index in [9.17, 15) is 9.59 Å². The summed E-state index contributed by atoms with van der Waals surface area (Å²) >= 11 is 0. The molecule has 0 heterocycles. The summed E-state index contributed by atoms with van der Waals surface area (Å²) in [6.45, 7) is 10.6. The Bertz CT molecular complexity index is 264. The number of carbonyl (C=O) groups is 2. The summed E-state index contributed by atoms with van der Waals surface area (Å²) < 4.78 is 0. The van der Waals surface area contributed by atoms with Gasteiger partial charge in [0.25, 0.3) is 0 Å². The van der Waals surface area contributed by atoms with Crippen molar-refractivity contribution in [2.45, 2.75) is 40.5 Å². The molecular weight excluding hydrogens is 216 g/mol. The number of rotatable bonds is 6. The van der Waals surface area contributed by atoms with Gasteiger partial charge in [0.15, 0.2) is 0 Å². The summed E-state index contributed by atoms with van der Waals surface area (Å²) in [7, 11) is 0. The summed E-state index contributed by atoms with van der Waals surface area (Å²) in [4.78, 5) is 28.2. The average molecular weight is 240 g/mol. The third kappa shape index (κ3) is 2.45. The van der Waals surface area contributed by atoms with Gasteiger partial charge in [-0.3, -0.25) is 9.59 Å². The van der Waals surface area contributed by atoms with Crippen LogP contribution in [-0.2, 0) is 9.59 Å². The van der Waals surface area contributed by atoms with E-state index < -0.39 is 5.41 Å². The van der Waals surface area contributed by atoms with E-state index in [1.165, 1.54) is 0 Å². The van der Waals surface area contributed by atoms with Gasteiger partial charge < -0.3 is 9.80 Å². The number of amides is 2. The number of hydrogen-bond acceptors (Lipinski definition) is 2. The Hall–Kier alpha value is -1.06. The third-order valence-electron chi connectivity index (χ3n) is 3.67. The molecule has 1 aliphatic rings. The summed E-state index contributed by atoms with van der Waals surface area (Å²) in [5, 5.41) is 0. The minimum absolute atomic E-state index is 0.0272. The molecule has 1 fully saturated rings. The zero-order valence-corrected chi connectivity index (χ0v) is 11.5. The molecule has 0 aromatic carbocycles. The lowest BCUT2D eigenvalue weighted by Crippen LogP contribution is -2.46. The van der Waals surface area contributed by atoms with Gasteiger partial charge in [0, 0.05) is 26.2 Å². The standard InChI is InChI=1S/C13H24N2O2/c1-5-14(6-2)11(16)13(9-10-13)12(17)15(7-3)8-4/h5-10H2,1-4H3. The third-order valence-corrected chi connectivity index (χ3v) is 3.67. The van der Waals surface area contributed by atoms with Gasteiger partial charge in [-0.25, -0.2) is 0 Å². The van der Waals surface area contributed by atoms with Crippen molar-refractivity contribution in [1.82, 2.24) is 9.80 Å². The fourth-order valence-electron chi connectivity index (χ4n) is 2.27. The topological polar surface area (TPSA) is 40.6 Å². The van der Waals surface area contributed by atoms with E-state index in [1.54, 1.807) is 9.80 Å². The summed E-state index contributed by atoms with van der Waals surface area (Å²) in [5.74, 6) is 0.0544. The molecule has 1 aliphatic carbocycles. The Kier molecular flexibility index (Phi) is 4.54. The number of hydrogen-bond donors (Lipinski definition) is 0. The van der Waals surface area contributed by atoms with Crippen molar-refractivity contribution in [1.29, 1.82) is 0 Å². The Morgan fingerprint density at radius 1 is 0.824 bits per heavy atom. The van der Waals surface area contributed by atoms with Gasteiger partial charge in [0.1, 0.15) is 5.41 Å². The molecule has 0 bridgehead atoms. The second-order valence-corrected chi connectivity index (χ2v) is 4.54. The first-order valence-corrected chi connectivity index (χ1v) is 6.66. The maximum atomic E-state index is 12.3. The first kappa shape index (κ1) is 14.0. The molecule has 0 aromatic rings. The number of carbonyl (C=O) groups excluding carboxylic acids is 2. The lowest BCUT2D eigenvalue weighted by molar-refractivity contribution is -0.149. The maximum absolute atomic E-state index is 12.3. The highest BCUT2D eigenvalue weighted by atomic mass is 16.2. The van der Waals surface area contributed by atoms with E-state index >= 15 is 0 Å². The predicted molar refractivity (Wildman–Crippen MR) is 67.5 cm³/mol. The van der Waals surface area contributed by atoms with E-state index in [2.05, 4.69) is 0 Å². The van der Waals surface area contributed by atoms with E-state index in [0.717, 1.165) is 12.8 Å². The molecule has 98 valence electrons. The van der Waals surface area contributed by atoms with Crippen LogP contribution in [0.3, 0.4) is 0 Å². The van der Waals surface area contributed by atoms with Crippen molar-refractivity contribution in [3.63, 3.8) is 0 Å². The van der Waals surface area contributed by atoms with Crippen molar-refractivity contribution in [3.05, 3.63) is 0 Å². The lowest BCUT2D eigenvalue weighted by atomic mass is 10.0. The molecule has 0 aromatic heterocycles. The Morgan fingerprint density at radius 3 is 1.29 bits per heavy atom. The monoisotopic (exact) mass is 240 g/mol. The molecule has 0 radical (unpaired) electrons. The van der Waals surface area contributed by atoms with Crippen LogP contribution in [0.15, 0.2) is 0 Å². The summed E-state index contributed by atoms with van der Waals surface area (Å²) in [6.07, 6.45) is 1.44. The van der Waals surface area contributed by atoms with Gasteiger partial charge in [-0.1, -0.05) is 0 Å². The molecule has 0 aliphatic heterocycles. The quantitative estimate of drug-likeness (QED) is 0.660. The van der Waals surface area contributed by atoms with Gasteiger partial charge >= 0.3 is 0 Å². The normalized spacial score (nSPS) is 16.5.